The maximum Gasteiger partial charge on any atom is 0.454 e. The standard InChI is InChI=1S/C28H26F6N6O3S/c1-16-6-7-18-19(8-9-21(29)23(18)40-44(41,42)15-27(30,31)28(32,33)34)24(16)43-25-20(5-3-12-36-25)22-10-13-37-26(39-22)38-17-4-2-11-35-14-17/h3,5-10,12-13,17,35,40H,2,4,11,14-15H2,1H3,(H,37,38,39). The molecular formula is C28H26F6N6O3S. The van der Waals surface area contributed by atoms with Crippen LogP contribution in [0.3, 0.4) is 0 Å². The van der Waals surface area contributed by atoms with Crippen molar-refractivity contribution in [3.8, 4) is 22.9 Å². The SMILES string of the molecule is Cc1ccc2c(NS(=O)(=O)CC(F)(F)C(F)(F)F)c(F)ccc2c1Oc1ncccc1-c1ccnc(NC2CCCNC2)n1. The molecule has 16 heteroatoms. The van der Waals surface area contributed by atoms with Gasteiger partial charge < -0.3 is 15.4 Å². The number of nitrogens with one attached hydrogen (secondary N) is 3. The second kappa shape index (κ2) is 12.1. The van der Waals surface area contributed by atoms with Gasteiger partial charge in [-0.25, -0.2) is 27.8 Å². The molecular weight excluding hydrogens is 614 g/mol. The molecule has 1 aliphatic heterocycles. The van der Waals surface area contributed by atoms with E-state index in [2.05, 4.69) is 25.6 Å². The summed E-state index contributed by atoms with van der Waals surface area (Å²) in [6, 6.07) is 10.0. The Morgan fingerprint density at radius 2 is 1.80 bits per heavy atom. The van der Waals surface area contributed by atoms with Crippen LogP contribution in [-0.4, -0.2) is 60.4 Å². The third-order valence-corrected chi connectivity index (χ3v) is 8.13. The highest BCUT2D eigenvalue weighted by atomic mass is 32.2. The maximum absolute atomic E-state index is 14.9. The van der Waals surface area contributed by atoms with E-state index in [9.17, 15) is 34.8 Å². The van der Waals surface area contributed by atoms with Gasteiger partial charge in [0.1, 0.15) is 17.3 Å². The quantitative estimate of drug-likeness (QED) is 0.190. The number of nitrogens with zero attached hydrogens (tertiary/aromatic N) is 3. The lowest BCUT2D eigenvalue weighted by atomic mass is 10.0. The molecule has 0 bridgehead atoms. The predicted octanol–water partition coefficient (Wildman–Crippen LogP) is 6.03. The molecule has 1 atom stereocenters. The van der Waals surface area contributed by atoms with Crippen LogP contribution in [0.1, 0.15) is 18.4 Å². The summed E-state index contributed by atoms with van der Waals surface area (Å²) < 4.78 is 112. The number of aromatic nitrogens is 3. The fourth-order valence-electron chi connectivity index (χ4n) is 4.71. The van der Waals surface area contributed by atoms with E-state index < -0.39 is 39.4 Å². The number of sulfonamides is 1. The highest BCUT2D eigenvalue weighted by molar-refractivity contribution is 7.92. The summed E-state index contributed by atoms with van der Waals surface area (Å²) in [7, 11) is -5.37. The van der Waals surface area contributed by atoms with Gasteiger partial charge in [-0.2, -0.15) is 22.0 Å². The van der Waals surface area contributed by atoms with Gasteiger partial charge in [0.2, 0.25) is 21.9 Å². The minimum atomic E-state index is -6.12. The molecule has 4 aromatic rings. The van der Waals surface area contributed by atoms with E-state index >= 15 is 0 Å². The molecule has 0 aliphatic carbocycles. The van der Waals surface area contributed by atoms with Crippen molar-refractivity contribution in [1.29, 1.82) is 0 Å². The molecule has 2 aromatic heterocycles. The molecule has 1 unspecified atom stereocenters. The summed E-state index contributed by atoms with van der Waals surface area (Å²) in [5.41, 5.74) is 0.633. The number of aryl methyl sites for hydroxylation is 1. The molecule has 1 fully saturated rings. The van der Waals surface area contributed by atoms with Gasteiger partial charge in [0.05, 0.1) is 16.9 Å². The topological polar surface area (TPSA) is 118 Å². The highest BCUT2D eigenvalue weighted by Gasteiger charge is 2.59. The van der Waals surface area contributed by atoms with Crippen LogP contribution in [-0.2, 0) is 10.0 Å². The normalized spacial score (nSPS) is 16.1. The number of pyridine rings is 1. The first-order valence-corrected chi connectivity index (χ1v) is 15.0. The number of benzene rings is 2. The lowest BCUT2D eigenvalue weighted by molar-refractivity contribution is -0.271. The third-order valence-electron chi connectivity index (χ3n) is 6.87. The number of rotatable bonds is 9. The maximum atomic E-state index is 14.9. The molecule has 0 spiro atoms. The van der Waals surface area contributed by atoms with Gasteiger partial charge in [0, 0.05) is 35.8 Å². The molecule has 234 valence electrons. The zero-order chi connectivity index (χ0) is 31.7. The Morgan fingerprint density at radius 3 is 2.52 bits per heavy atom. The number of hydrogen-bond donors (Lipinski definition) is 3. The molecule has 0 amide bonds. The Labute approximate surface area is 248 Å². The fraction of sp³-hybridized carbons (Fsp3) is 0.321. The van der Waals surface area contributed by atoms with E-state index in [0.29, 0.717) is 22.8 Å². The summed E-state index contributed by atoms with van der Waals surface area (Å²) in [6.45, 7) is 3.36. The number of anilines is 2. The van der Waals surface area contributed by atoms with Crippen molar-refractivity contribution in [3.63, 3.8) is 0 Å². The van der Waals surface area contributed by atoms with Crippen LogP contribution in [0.5, 0.6) is 11.6 Å². The van der Waals surface area contributed by atoms with E-state index in [1.165, 1.54) is 24.4 Å². The van der Waals surface area contributed by atoms with Crippen molar-refractivity contribution < 1.29 is 39.5 Å². The first-order chi connectivity index (χ1) is 20.7. The number of piperidine rings is 1. The lowest BCUT2D eigenvalue weighted by Crippen LogP contribution is -2.44. The Hall–Kier alpha value is -4.18. The number of hydrogen-bond acceptors (Lipinski definition) is 8. The minimum absolute atomic E-state index is 0.0864. The van der Waals surface area contributed by atoms with Crippen LogP contribution in [0.25, 0.3) is 22.0 Å². The molecule has 3 heterocycles. The molecule has 1 aliphatic rings. The summed E-state index contributed by atoms with van der Waals surface area (Å²) >= 11 is 0. The third kappa shape index (κ3) is 6.80. The van der Waals surface area contributed by atoms with Crippen molar-refractivity contribution >= 4 is 32.4 Å². The molecule has 0 saturated carbocycles. The van der Waals surface area contributed by atoms with Crippen LogP contribution in [0.2, 0.25) is 0 Å². The van der Waals surface area contributed by atoms with Gasteiger partial charge in [-0.15, -0.1) is 0 Å². The van der Waals surface area contributed by atoms with Crippen LogP contribution in [0.15, 0.2) is 54.9 Å². The van der Waals surface area contributed by atoms with Crippen LogP contribution >= 0.6 is 0 Å². The molecule has 2 aromatic carbocycles. The Morgan fingerprint density at radius 1 is 1.02 bits per heavy atom. The Kier molecular flexibility index (Phi) is 8.57. The van der Waals surface area contributed by atoms with Gasteiger partial charge in [-0.3, -0.25) is 4.72 Å². The van der Waals surface area contributed by atoms with Gasteiger partial charge in [-0.1, -0.05) is 12.1 Å². The summed E-state index contributed by atoms with van der Waals surface area (Å²) in [4.78, 5) is 13.2. The van der Waals surface area contributed by atoms with Crippen LogP contribution in [0, 0.1) is 12.7 Å². The number of ether oxygens (including phenoxy) is 1. The van der Waals surface area contributed by atoms with Gasteiger partial charge in [0.25, 0.3) is 0 Å². The van der Waals surface area contributed by atoms with Crippen molar-refractivity contribution in [3.05, 3.63) is 66.2 Å². The molecule has 0 radical (unpaired) electrons. The zero-order valence-electron chi connectivity index (χ0n) is 23.1. The molecule has 44 heavy (non-hydrogen) atoms. The molecule has 3 N–H and O–H groups in total. The second-order valence-corrected chi connectivity index (χ2v) is 11.9. The van der Waals surface area contributed by atoms with E-state index in [1.54, 1.807) is 36.0 Å². The molecule has 1 saturated heterocycles. The van der Waals surface area contributed by atoms with Gasteiger partial charge >= 0.3 is 12.1 Å². The first-order valence-electron chi connectivity index (χ1n) is 13.3. The van der Waals surface area contributed by atoms with Crippen LogP contribution < -0.4 is 20.1 Å². The van der Waals surface area contributed by atoms with E-state index in [4.69, 9.17) is 4.74 Å². The van der Waals surface area contributed by atoms with E-state index in [-0.39, 0.29) is 28.4 Å². The van der Waals surface area contributed by atoms with E-state index in [0.717, 1.165) is 32.0 Å². The number of fused-ring (bicyclic) bond motifs is 1. The van der Waals surface area contributed by atoms with Crippen molar-refractivity contribution in [2.24, 2.45) is 0 Å². The predicted molar refractivity (Wildman–Crippen MR) is 152 cm³/mol. The average Bonchev–Trinajstić information content (AvgIpc) is 2.96. The summed E-state index contributed by atoms with van der Waals surface area (Å²) in [5, 5.41) is 6.60. The van der Waals surface area contributed by atoms with E-state index in [1.807, 2.05) is 0 Å². The fourth-order valence-corrected chi connectivity index (χ4v) is 5.94. The number of alkyl halides is 5. The van der Waals surface area contributed by atoms with Crippen molar-refractivity contribution in [2.45, 2.75) is 37.9 Å². The largest absolute Gasteiger partial charge is 0.454 e. The van der Waals surface area contributed by atoms with Crippen molar-refractivity contribution in [1.82, 2.24) is 20.3 Å². The van der Waals surface area contributed by atoms with Gasteiger partial charge in [0.15, 0.2) is 0 Å². The minimum Gasteiger partial charge on any atom is -0.437 e. The molecule has 5 rings (SSSR count). The summed E-state index contributed by atoms with van der Waals surface area (Å²) in [5.74, 6) is -8.79. The lowest BCUT2D eigenvalue weighted by Gasteiger charge is -2.23. The average molecular weight is 641 g/mol. The van der Waals surface area contributed by atoms with Crippen LogP contribution in [0.4, 0.5) is 38.0 Å². The smallest absolute Gasteiger partial charge is 0.437 e. The molecule has 9 nitrogen and oxygen atoms in total. The first kappa shape index (κ1) is 31.3. The van der Waals surface area contributed by atoms with Gasteiger partial charge in [-0.05, 0) is 62.2 Å². The monoisotopic (exact) mass is 640 g/mol. The summed E-state index contributed by atoms with van der Waals surface area (Å²) in [6.07, 6.45) is -1.12. The highest BCUT2D eigenvalue weighted by Crippen LogP contribution is 2.41. The van der Waals surface area contributed by atoms with Crippen molar-refractivity contribution in [2.75, 3.05) is 28.9 Å². The Bertz CT molecular complexity index is 1780. The number of halogens is 6. The second-order valence-electron chi connectivity index (χ2n) is 10.2. The zero-order valence-corrected chi connectivity index (χ0v) is 23.9. The Balaban J connectivity index is 1.49.